The van der Waals surface area contributed by atoms with Crippen molar-refractivity contribution < 1.29 is 0 Å². The van der Waals surface area contributed by atoms with Gasteiger partial charge in [0.2, 0.25) is 0 Å². The molecule has 1 aliphatic rings. The lowest BCUT2D eigenvalue weighted by atomic mass is 10.1. The molecule has 76 valence electrons. The second kappa shape index (κ2) is 4.07. The Morgan fingerprint density at radius 1 is 1.57 bits per heavy atom. The molecule has 1 aliphatic heterocycles. The van der Waals surface area contributed by atoms with Gasteiger partial charge in [0.25, 0.3) is 0 Å². The van der Waals surface area contributed by atoms with Crippen LogP contribution in [0.5, 0.6) is 0 Å². The molecule has 0 bridgehead atoms. The van der Waals surface area contributed by atoms with Crippen molar-refractivity contribution in [1.29, 1.82) is 0 Å². The van der Waals surface area contributed by atoms with Crippen molar-refractivity contribution >= 4 is 0 Å². The van der Waals surface area contributed by atoms with Gasteiger partial charge in [-0.3, -0.25) is 9.88 Å². The molecule has 3 heteroatoms. The lowest BCUT2D eigenvalue weighted by molar-refractivity contribution is 0.317. The first-order valence-electron chi connectivity index (χ1n) is 5.16. The topological polar surface area (TPSA) is 42.1 Å². The molecule has 0 radical (unpaired) electrons. The number of hydrogen-bond donors (Lipinski definition) is 1. The van der Waals surface area contributed by atoms with Crippen LogP contribution in [0.25, 0.3) is 0 Å². The van der Waals surface area contributed by atoms with E-state index in [0.29, 0.717) is 12.6 Å². The van der Waals surface area contributed by atoms with E-state index in [2.05, 4.69) is 23.0 Å². The van der Waals surface area contributed by atoms with E-state index >= 15 is 0 Å². The van der Waals surface area contributed by atoms with Crippen LogP contribution in [0.1, 0.15) is 30.1 Å². The molecule has 3 nitrogen and oxygen atoms in total. The molecular formula is C11H17N3. The number of likely N-dealkylation sites (tertiary alicyclic amines) is 1. The molecule has 0 aromatic carbocycles. The third-order valence-corrected chi connectivity index (χ3v) is 2.96. The maximum atomic E-state index is 5.51. The van der Waals surface area contributed by atoms with Gasteiger partial charge in [0, 0.05) is 18.8 Å². The molecular weight excluding hydrogens is 174 g/mol. The lowest BCUT2D eigenvalue weighted by Crippen LogP contribution is -2.17. The number of hydrogen-bond acceptors (Lipinski definition) is 3. The van der Waals surface area contributed by atoms with Gasteiger partial charge in [-0.25, -0.2) is 0 Å². The van der Waals surface area contributed by atoms with Crippen LogP contribution in [0.15, 0.2) is 18.3 Å². The molecule has 2 rings (SSSR count). The monoisotopic (exact) mass is 191 g/mol. The van der Waals surface area contributed by atoms with Crippen molar-refractivity contribution in [3.63, 3.8) is 0 Å². The van der Waals surface area contributed by atoms with Crippen LogP contribution >= 0.6 is 0 Å². The van der Waals surface area contributed by atoms with Gasteiger partial charge in [0.05, 0.1) is 5.69 Å². The maximum absolute atomic E-state index is 5.51. The number of aromatic nitrogens is 1. The summed E-state index contributed by atoms with van der Waals surface area (Å²) >= 11 is 0. The Bertz CT molecular complexity index is 294. The van der Waals surface area contributed by atoms with Crippen molar-refractivity contribution in [2.45, 2.75) is 25.4 Å². The van der Waals surface area contributed by atoms with Gasteiger partial charge in [-0.2, -0.15) is 0 Å². The largest absolute Gasteiger partial charge is 0.325 e. The van der Waals surface area contributed by atoms with E-state index < -0.39 is 0 Å². The average molecular weight is 191 g/mol. The Morgan fingerprint density at radius 3 is 2.93 bits per heavy atom. The normalized spacial score (nSPS) is 22.9. The molecule has 2 heterocycles. The third kappa shape index (κ3) is 1.79. The molecule has 1 aromatic rings. The summed E-state index contributed by atoms with van der Waals surface area (Å²) in [4.78, 5) is 6.71. The van der Waals surface area contributed by atoms with Crippen LogP contribution in [0.3, 0.4) is 0 Å². The zero-order chi connectivity index (χ0) is 9.97. The summed E-state index contributed by atoms with van der Waals surface area (Å²) in [6.45, 7) is 1.73. The first-order valence-corrected chi connectivity index (χ1v) is 5.16. The summed E-state index contributed by atoms with van der Waals surface area (Å²) in [5.74, 6) is 0. The van der Waals surface area contributed by atoms with Crippen LogP contribution in [-0.2, 0) is 6.54 Å². The van der Waals surface area contributed by atoms with Crippen molar-refractivity contribution in [3.8, 4) is 0 Å². The van der Waals surface area contributed by atoms with Gasteiger partial charge in [0.15, 0.2) is 0 Å². The van der Waals surface area contributed by atoms with E-state index in [9.17, 15) is 0 Å². The van der Waals surface area contributed by atoms with Crippen LogP contribution in [0, 0.1) is 0 Å². The molecule has 1 aromatic heterocycles. The predicted octanol–water partition coefficient (Wildman–Crippen LogP) is 1.31. The van der Waals surface area contributed by atoms with E-state index in [4.69, 9.17) is 5.73 Å². The Balaban J connectivity index is 2.16. The highest BCUT2D eigenvalue weighted by Gasteiger charge is 2.22. The maximum Gasteiger partial charge on any atom is 0.0539 e. The number of pyridine rings is 1. The Labute approximate surface area is 84.9 Å². The molecule has 1 fully saturated rings. The fourth-order valence-electron chi connectivity index (χ4n) is 2.09. The molecule has 2 N–H and O–H groups in total. The van der Waals surface area contributed by atoms with Gasteiger partial charge in [0.1, 0.15) is 0 Å². The third-order valence-electron chi connectivity index (χ3n) is 2.96. The van der Waals surface area contributed by atoms with Gasteiger partial charge in [-0.1, -0.05) is 6.07 Å². The highest BCUT2D eigenvalue weighted by atomic mass is 15.1. The standard InChI is InChI=1S/C11H17N3/c1-14-6-2-3-11(14)9-4-5-10(7-12)13-8-9/h4-5,8,11H,2-3,6-7,12H2,1H3. The average Bonchev–Trinajstić information content (AvgIpc) is 2.65. The Morgan fingerprint density at radius 2 is 2.43 bits per heavy atom. The minimum Gasteiger partial charge on any atom is -0.325 e. The van der Waals surface area contributed by atoms with Gasteiger partial charge in [-0.15, -0.1) is 0 Å². The summed E-state index contributed by atoms with van der Waals surface area (Å²) in [6.07, 6.45) is 4.51. The molecule has 1 atom stereocenters. The molecule has 0 amide bonds. The second-order valence-corrected chi connectivity index (χ2v) is 3.93. The Kier molecular flexibility index (Phi) is 2.79. The quantitative estimate of drug-likeness (QED) is 0.766. The highest BCUT2D eigenvalue weighted by molar-refractivity contribution is 5.18. The van der Waals surface area contributed by atoms with Crippen molar-refractivity contribution in [2.24, 2.45) is 5.73 Å². The number of nitrogens with zero attached hydrogens (tertiary/aromatic N) is 2. The first-order chi connectivity index (χ1) is 6.81. The smallest absolute Gasteiger partial charge is 0.0539 e. The SMILES string of the molecule is CN1CCCC1c1ccc(CN)nc1. The minimum absolute atomic E-state index is 0.529. The first kappa shape index (κ1) is 9.62. The zero-order valence-corrected chi connectivity index (χ0v) is 8.61. The predicted molar refractivity (Wildman–Crippen MR) is 56.7 cm³/mol. The van der Waals surface area contributed by atoms with Gasteiger partial charge >= 0.3 is 0 Å². The van der Waals surface area contributed by atoms with Gasteiger partial charge in [-0.05, 0) is 38.1 Å². The van der Waals surface area contributed by atoms with Crippen molar-refractivity contribution in [2.75, 3.05) is 13.6 Å². The van der Waals surface area contributed by atoms with E-state index in [-0.39, 0.29) is 0 Å². The summed E-state index contributed by atoms with van der Waals surface area (Å²) < 4.78 is 0. The molecule has 0 aliphatic carbocycles. The van der Waals surface area contributed by atoms with E-state index in [1.54, 1.807) is 0 Å². The summed E-state index contributed by atoms with van der Waals surface area (Å²) in [6, 6.07) is 4.75. The summed E-state index contributed by atoms with van der Waals surface area (Å²) in [5.41, 5.74) is 7.80. The van der Waals surface area contributed by atoms with E-state index in [1.807, 2.05) is 12.3 Å². The summed E-state index contributed by atoms with van der Waals surface area (Å²) in [7, 11) is 2.18. The van der Waals surface area contributed by atoms with Crippen LogP contribution < -0.4 is 5.73 Å². The van der Waals surface area contributed by atoms with Crippen LogP contribution in [0.2, 0.25) is 0 Å². The fourth-order valence-corrected chi connectivity index (χ4v) is 2.09. The number of rotatable bonds is 2. The van der Waals surface area contributed by atoms with Crippen LogP contribution in [-0.4, -0.2) is 23.5 Å². The molecule has 0 spiro atoms. The Hall–Kier alpha value is -0.930. The summed E-state index contributed by atoms with van der Waals surface area (Å²) in [5, 5.41) is 0. The molecule has 14 heavy (non-hydrogen) atoms. The van der Waals surface area contributed by atoms with Crippen molar-refractivity contribution in [1.82, 2.24) is 9.88 Å². The van der Waals surface area contributed by atoms with Gasteiger partial charge < -0.3 is 5.73 Å². The number of nitrogens with two attached hydrogens (primary N) is 1. The molecule has 1 unspecified atom stereocenters. The second-order valence-electron chi connectivity index (χ2n) is 3.93. The van der Waals surface area contributed by atoms with E-state index in [0.717, 1.165) is 5.69 Å². The molecule has 1 saturated heterocycles. The van der Waals surface area contributed by atoms with Crippen molar-refractivity contribution in [3.05, 3.63) is 29.6 Å². The zero-order valence-electron chi connectivity index (χ0n) is 8.61. The minimum atomic E-state index is 0.529. The fraction of sp³-hybridized carbons (Fsp3) is 0.545. The van der Waals surface area contributed by atoms with Crippen LogP contribution in [0.4, 0.5) is 0 Å². The van der Waals surface area contributed by atoms with E-state index in [1.165, 1.54) is 24.9 Å². The molecule has 0 saturated carbocycles. The highest BCUT2D eigenvalue weighted by Crippen LogP contribution is 2.29. The lowest BCUT2D eigenvalue weighted by Gasteiger charge is -2.19.